The molecule has 2 heterocycles. The van der Waals surface area contributed by atoms with E-state index < -0.39 is 45.9 Å². The highest BCUT2D eigenvalue weighted by molar-refractivity contribution is 5.75. The predicted octanol–water partition coefficient (Wildman–Crippen LogP) is 2.61. The van der Waals surface area contributed by atoms with E-state index in [1.807, 2.05) is 27.7 Å². The van der Waals surface area contributed by atoms with Crippen LogP contribution in [-0.2, 0) is 19.1 Å². The minimum atomic E-state index is -0.735. The molecule has 0 radical (unpaired) electrons. The van der Waals surface area contributed by atoms with Gasteiger partial charge in [0.2, 0.25) is 0 Å². The van der Waals surface area contributed by atoms with Crippen LogP contribution < -0.4 is 0 Å². The van der Waals surface area contributed by atoms with Crippen molar-refractivity contribution in [3.8, 4) is 0 Å². The lowest BCUT2D eigenvalue weighted by Crippen LogP contribution is -2.48. The van der Waals surface area contributed by atoms with Crippen LogP contribution >= 0.6 is 0 Å². The van der Waals surface area contributed by atoms with Gasteiger partial charge in [-0.1, -0.05) is 0 Å². The Morgan fingerprint density at radius 3 is 1.25 bits per heavy atom. The van der Waals surface area contributed by atoms with Crippen LogP contribution in [-0.4, -0.2) is 67.8 Å². The fourth-order valence-corrected chi connectivity index (χ4v) is 4.76. The lowest BCUT2D eigenvalue weighted by Gasteiger charge is -2.35. The van der Waals surface area contributed by atoms with Crippen molar-refractivity contribution >= 4 is 11.9 Å². The maximum absolute atomic E-state index is 12.5. The normalized spacial score (nSPS) is 30.9. The molecular weight excluding hydrogens is 364 g/mol. The molecule has 0 aromatic carbocycles. The molecule has 2 aliphatic heterocycles. The zero-order valence-corrected chi connectivity index (χ0v) is 18.4. The number of carbonyl (C=O) groups is 2. The van der Waals surface area contributed by atoms with Gasteiger partial charge in [0.15, 0.2) is 0 Å². The molecular formula is C20H36N2O6. The largest absolute Gasteiger partial charge is 0.462 e. The van der Waals surface area contributed by atoms with E-state index in [-0.39, 0.29) is 13.2 Å². The molecule has 2 N–H and O–H groups in total. The maximum Gasteiger partial charge on any atom is 0.311 e. The van der Waals surface area contributed by atoms with Crippen molar-refractivity contribution in [1.82, 2.24) is 10.1 Å². The van der Waals surface area contributed by atoms with Crippen LogP contribution in [0.25, 0.3) is 0 Å². The number of carbonyl (C=O) groups excluding carboxylic acids is 2. The van der Waals surface area contributed by atoms with E-state index in [4.69, 9.17) is 9.47 Å². The van der Waals surface area contributed by atoms with Crippen LogP contribution in [0.5, 0.6) is 0 Å². The van der Waals surface area contributed by atoms with Gasteiger partial charge in [0.05, 0.1) is 22.9 Å². The molecule has 0 bridgehead atoms. The van der Waals surface area contributed by atoms with Crippen LogP contribution in [0.2, 0.25) is 0 Å². The summed E-state index contributed by atoms with van der Waals surface area (Å²) in [7, 11) is 0. The molecule has 0 spiro atoms. The Kier molecular flexibility index (Phi) is 5.96. The van der Waals surface area contributed by atoms with Gasteiger partial charge < -0.3 is 19.9 Å². The van der Waals surface area contributed by atoms with E-state index >= 15 is 0 Å². The van der Waals surface area contributed by atoms with Gasteiger partial charge in [0.25, 0.3) is 0 Å². The number of hydrogen-bond donors (Lipinski definition) is 2. The zero-order valence-electron chi connectivity index (χ0n) is 18.4. The number of esters is 2. The summed E-state index contributed by atoms with van der Waals surface area (Å²) >= 11 is 0. The second-order valence-corrected chi connectivity index (χ2v) is 10.4. The van der Waals surface area contributed by atoms with Crippen LogP contribution in [0.15, 0.2) is 0 Å². The fourth-order valence-electron chi connectivity index (χ4n) is 4.76. The first kappa shape index (κ1) is 23.1. The molecule has 2 fully saturated rings. The van der Waals surface area contributed by atoms with Crippen molar-refractivity contribution in [2.24, 2.45) is 11.8 Å². The van der Waals surface area contributed by atoms with Crippen molar-refractivity contribution < 1.29 is 29.5 Å². The van der Waals surface area contributed by atoms with E-state index in [1.165, 1.54) is 10.1 Å². The molecule has 2 atom stereocenters. The fraction of sp³-hybridized carbons (Fsp3) is 0.900. The Labute approximate surface area is 167 Å². The van der Waals surface area contributed by atoms with Crippen LogP contribution in [0, 0.1) is 11.8 Å². The van der Waals surface area contributed by atoms with Gasteiger partial charge in [-0.05, 0) is 68.2 Å². The molecule has 0 saturated carbocycles. The Morgan fingerprint density at radius 2 is 1.04 bits per heavy atom. The highest BCUT2D eigenvalue weighted by Crippen LogP contribution is 2.45. The minimum absolute atomic E-state index is 0.0393. The number of nitrogens with zero attached hydrogens (tertiary/aromatic N) is 2. The van der Waals surface area contributed by atoms with Crippen LogP contribution in [0.3, 0.4) is 0 Å². The minimum Gasteiger partial charge on any atom is -0.462 e. The van der Waals surface area contributed by atoms with Crippen molar-refractivity contribution in [2.45, 2.75) is 90.4 Å². The summed E-state index contributed by atoms with van der Waals surface area (Å²) in [6.45, 7) is 14.6. The van der Waals surface area contributed by atoms with E-state index in [2.05, 4.69) is 0 Å². The highest BCUT2D eigenvalue weighted by atomic mass is 16.6. The first-order chi connectivity index (χ1) is 12.5. The SMILES string of the molecule is CC1(C)CC(C(=O)OCCOC(=O)C2CC(C)(C)N(O)C2(C)C)C(C)(C)N1O. The first-order valence-electron chi connectivity index (χ1n) is 9.87. The van der Waals surface area contributed by atoms with Crippen molar-refractivity contribution in [1.29, 1.82) is 0 Å². The molecule has 0 aromatic heterocycles. The molecule has 0 amide bonds. The summed E-state index contributed by atoms with van der Waals surface area (Å²) in [6.07, 6.45) is 0.958. The molecule has 2 rings (SSSR count). The molecule has 2 unspecified atom stereocenters. The summed E-state index contributed by atoms with van der Waals surface area (Å²) < 4.78 is 10.6. The number of rotatable bonds is 5. The third-order valence-electron chi connectivity index (χ3n) is 6.49. The van der Waals surface area contributed by atoms with Gasteiger partial charge in [-0.15, -0.1) is 0 Å². The number of hydroxylamine groups is 4. The van der Waals surface area contributed by atoms with E-state index in [0.29, 0.717) is 12.8 Å². The third-order valence-corrected chi connectivity index (χ3v) is 6.49. The Hall–Kier alpha value is -1.22. The van der Waals surface area contributed by atoms with Crippen molar-refractivity contribution in [3.63, 3.8) is 0 Å². The van der Waals surface area contributed by atoms with Crippen molar-refractivity contribution in [3.05, 3.63) is 0 Å². The van der Waals surface area contributed by atoms with Gasteiger partial charge >= 0.3 is 11.9 Å². The Morgan fingerprint density at radius 1 is 0.750 bits per heavy atom. The molecule has 8 heteroatoms. The maximum atomic E-state index is 12.5. The van der Waals surface area contributed by atoms with Gasteiger partial charge in [0.1, 0.15) is 13.2 Å². The molecule has 28 heavy (non-hydrogen) atoms. The molecule has 2 saturated heterocycles. The summed E-state index contributed by atoms with van der Waals surface area (Å²) in [4.78, 5) is 25.0. The van der Waals surface area contributed by atoms with Gasteiger partial charge in [-0.25, -0.2) is 0 Å². The lowest BCUT2D eigenvalue weighted by atomic mass is 9.87. The second kappa shape index (κ2) is 7.23. The van der Waals surface area contributed by atoms with Gasteiger partial charge in [-0.2, -0.15) is 10.1 Å². The molecule has 2 aliphatic rings. The standard InChI is InChI=1S/C20H36N2O6/c1-17(2)11-13(19(5,6)21(17)25)15(23)27-9-10-28-16(24)14-12-18(3,4)22(26)20(14,7)8/h13-14,25-26H,9-12H2,1-8H3. The van der Waals surface area contributed by atoms with Gasteiger partial charge in [-0.3, -0.25) is 9.59 Å². The smallest absolute Gasteiger partial charge is 0.311 e. The predicted molar refractivity (Wildman–Crippen MR) is 102 cm³/mol. The monoisotopic (exact) mass is 400 g/mol. The van der Waals surface area contributed by atoms with E-state index in [9.17, 15) is 20.0 Å². The quantitative estimate of drug-likeness (QED) is 0.537. The highest BCUT2D eigenvalue weighted by Gasteiger charge is 2.56. The Balaban J connectivity index is 1.85. The first-order valence-corrected chi connectivity index (χ1v) is 9.87. The summed E-state index contributed by atoms with van der Waals surface area (Å²) in [5.41, 5.74) is -2.50. The molecule has 0 aliphatic carbocycles. The molecule has 8 nitrogen and oxygen atoms in total. The summed E-state index contributed by atoms with van der Waals surface area (Å²) in [5, 5.41) is 23.1. The van der Waals surface area contributed by atoms with Gasteiger partial charge in [0, 0.05) is 11.1 Å². The number of ether oxygens (including phenoxy) is 2. The van der Waals surface area contributed by atoms with Crippen molar-refractivity contribution in [2.75, 3.05) is 13.2 Å². The topological polar surface area (TPSA) is 99.5 Å². The Bertz CT molecular complexity index is 574. The summed E-state index contributed by atoms with van der Waals surface area (Å²) in [6, 6.07) is 0. The van der Waals surface area contributed by atoms with Crippen LogP contribution in [0.4, 0.5) is 0 Å². The zero-order chi connectivity index (χ0) is 21.7. The molecule has 162 valence electrons. The molecule has 0 aromatic rings. The van der Waals surface area contributed by atoms with E-state index in [1.54, 1.807) is 27.7 Å². The lowest BCUT2D eigenvalue weighted by molar-refractivity contribution is -0.201. The average Bonchev–Trinajstić information content (AvgIpc) is 2.85. The average molecular weight is 401 g/mol. The van der Waals surface area contributed by atoms with Crippen LogP contribution in [0.1, 0.15) is 68.2 Å². The summed E-state index contributed by atoms with van der Waals surface area (Å²) in [5.74, 6) is -1.76. The third kappa shape index (κ3) is 3.92. The second-order valence-electron chi connectivity index (χ2n) is 10.4. The van der Waals surface area contributed by atoms with E-state index in [0.717, 1.165) is 0 Å². The number of hydrogen-bond acceptors (Lipinski definition) is 8.